The van der Waals surface area contributed by atoms with E-state index in [1.807, 2.05) is 0 Å². The molecule has 56 valence electrons. The lowest BCUT2D eigenvalue weighted by molar-refractivity contribution is 0.300. The minimum absolute atomic E-state index is 0.693. The van der Waals surface area contributed by atoms with Gasteiger partial charge >= 0.3 is 0 Å². The van der Waals surface area contributed by atoms with Gasteiger partial charge in [0.25, 0.3) is 0 Å². The van der Waals surface area contributed by atoms with E-state index in [2.05, 4.69) is 26.0 Å². The number of ether oxygens (including phenoxy) is 1. The molecule has 0 bridgehead atoms. The van der Waals surface area contributed by atoms with Gasteiger partial charge in [0.05, 0.1) is 7.11 Å². The molecule has 1 aliphatic carbocycles. The Hall–Kier alpha value is -0.720. The van der Waals surface area contributed by atoms with Crippen LogP contribution in [0.5, 0.6) is 0 Å². The van der Waals surface area contributed by atoms with Gasteiger partial charge in [-0.25, -0.2) is 0 Å². The fourth-order valence-electron chi connectivity index (χ4n) is 1.05. The average Bonchev–Trinajstić information content (AvgIpc) is 1.95. The van der Waals surface area contributed by atoms with Crippen molar-refractivity contribution in [3.63, 3.8) is 0 Å². The summed E-state index contributed by atoms with van der Waals surface area (Å²) in [6.07, 6.45) is 5.36. The molecule has 0 fully saturated rings. The second kappa shape index (κ2) is 2.91. The van der Waals surface area contributed by atoms with Crippen LogP contribution in [0.3, 0.4) is 0 Å². The summed E-state index contributed by atoms with van der Waals surface area (Å²) < 4.78 is 5.09. The van der Waals surface area contributed by atoms with Crippen LogP contribution in [-0.2, 0) is 4.74 Å². The molecule has 0 heterocycles. The minimum Gasteiger partial charge on any atom is -0.497 e. The number of methoxy groups -OCH3 is 1. The zero-order chi connectivity index (χ0) is 7.56. The predicted molar refractivity (Wildman–Crippen MR) is 42.6 cm³/mol. The van der Waals surface area contributed by atoms with Crippen molar-refractivity contribution in [1.29, 1.82) is 0 Å². The molecule has 0 radical (unpaired) electrons. The maximum absolute atomic E-state index is 5.09. The van der Waals surface area contributed by atoms with Crippen LogP contribution in [0, 0.1) is 5.92 Å². The Balaban J connectivity index is 2.69. The first-order valence-corrected chi connectivity index (χ1v) is 3.66. The zero-order valence-electron chi connectivity index (χ0n) is 6.85. The van der Waals surface area contributed by atoms with Crippen molar-refractivity contribution in [2.24, 2.45) is 5.92 Å². The Morgan fingerprint density at radius 2 is 2.30 bits per heavy atom. The fourth-order valence-corrected chi connectivity index (χ4v) is 1.05. The number of hydrogen-bond donors (Lipinski definition) is 0. The molecule has 0 saturated carbocycles. The molecule has 1 rings (SSSR count). The molecule has 0 amide bonds. The van der Waals surface area contributed by atoms with Gasteiger partial charge in [-0.15, -0.1) is 0 Å². The molecule has 0 spiro atoms. The smallest absolute Gasteiger partial charge is 0.114 e. The maximum Gasteiger partial charge on any atom is 0.114 e. The van der Waals surface area contributed by atoms with Gasteiger partial charge < -0.3 is 4.74 Å². The third-order valence-electron chi connectivity index (χ3n) is 2.06. The van der Waals surface area contributed by atoms with Crippen LogP contribution in [0.4, 0.5) is 0 Å². The largest absolute Gasteiger partial charge is 0.497 e. The van der Waals surface area contributed by atoms with Gasteiger partial charge in [0.2, 0.25) is 0 Å². The highest BCUT2D eigenvalue weighted by Gasteiger charge is 2.08. The van der Waals surface area contributed by atoms with E-state index in [0.29, 0.717) is 5.92 Å². The van der Waals surface area contributed by atoms with Crippen LogP contribution in [0.2, 0.25) is 0 Å². The van der Waals surface area contributed by atoms with Gasteiger partial charge in [-0.05, 0) is 31.4 Å². The van der Waals surface area contributed by atoms with E-state index in [1.165, 1.54) is 5.57 Å². The van der Waals surface area contributed by atoms with E-state index in [-0.39, 0.29) is 0 Å². The van der Waals surface area contributed by atoms with Crippen molar-refractivity contribution < 1.29 is 4.74 Å². The van der Waals surface area contributed by atoms with Crippen LogP contribution in [0.1, 0.15) is 20.3 Å². The highest BCUT2D eigenvalue weighted by atomic mass is 16.5. The first kappa shape index (κ1) is 7.39. The van der Waals surface area contributed by atoms with Gasteiger partial charge in [-0.3, -0.25) is 0 Å². The lowest BCUT2D eigenvalue weighted by atomic mass is 9.94. The van der Waals surface area contributed by atoms with Crippen LogP contribution >= 0.6 is 0 Å². The van der Waals surface area contributed by atoms with E-state index in [0.717, 1.165) is 12.2 Å². The first-order chi connectivity index (χ1) is 4.74. The molecule has 0 saturated heterocycles. The zero-order valence-corrected chi connectivity index (χ0v) is 6.85. The van der Waals surface area contributed by atoms with E-state index in [1.54, 1.807) is 7.11 Å². The van der Waals surface area contributed by atoms with Gasteiger partial charge in [-0.2, -0.15) is 0 Å². The van der Waals surface area contributed by atoms with Crippen LogP contribution in [0.15, 0.2) is 23.5 Å². The average molecular weight is 138 g/mol. The second-order valence-corrected chi connectivity index (χ2v) is 2.84. The molecule has 1 aliphatic rings. The van der Waals surface area contributed by atoms with Crippen molar-refractivity contribution in [2.75, 3.05) is 7.11 Å². The van der Waals surface area contributed by atoms with E-state index in [9.17, 15) is 0 Å². The molecule has 1 heteroatoms. The van der Waals surface area contributed by atoms with Crippen molar-refractivity contribution in [1.82, 2.24) is 0 Å². The van der Waals surface area contributed by atoms with Crippen LogP contribution in [-0.4, -0.2) is 7.11 Å². The lowest BCUT2D eigenvalue weighted by Gasteiger charge is -2.15. The number of allylic oxidation sites excluding steroid dienone is 3. The summed E-state index contributed by atoms with van der Waals surface area (Å²) in [6.45, 7) is 4.38. The Labute approximate surface area is 62.4 Å². The Bertz CT molecular complexity index is 177. The Morgan fingerprint density at radius 1 is 1.60 bits per heavy atom. The highest BCUT2D eigenvalue weighted by molar-refractivity contribution is 5.23. The molecule has 1 unspecified atom stereocenters. The SMILES string of the molecule is COC1=CCC(C)C(C)=C1. The summed E-state index contributed by atoms with van der Waals surface area (Å²) in [6, 6.07) is 0. The molecule has 10 heavy (non-hydrogen) atoms. The standard InChI is InChI=1S/C9H14O/c1-7-4-5-9(10-3)6-8(7)2/h5-7H,4H2,1-3H3. The summed E-state index contributed by atoms with van der Waals surface area (Å²) >= 11 is 0. The van der Waals surface area contributed by atoms with Crippen molar-refractivity contribution in [2.45, 2.75) is 20.3 Å². The third-order valence-corrected chi connectivity index (χ3v) is 2.06. The quantitative estimate of drug-likeness (QED) is 0.541. The normalized spacial score (nSPS) is 25.3. The van der Waals surface area contributed by atoms with Crippen LogP contribution < -0.4 is 0 Å². The monoisotopic (exact) mass is 138 g/mol. The summed E-state index contributed by atoms with van der Waals surface area (Å²) in [5.41, 5.74) is 1.42. The summed E-state index contributed by atoms with van der Waals surface area (Å²) in [5.74, 6) is 1.70. The molecule has 1 atom stereocenters. The lowest BCUT2D eigenvalue weighted by Crippen LogP contribution is -2.01. The van der Waals surface area contributed by atoms with Crippen molar-refractivity contribution in [3.05, 3.63) is 23.5 Å². The molecule has 0 aromatic carbocycles. The van der Waals surface area contributed by atoms with E-state index < -0.39 is 0 Å². The van der Waals surface area contributed by atoms with E-state index >= 15 is 0 Å². The summed E-state index contributed by atoms with van der Waals surface area (Å²) in [7, 11) is 1.71. The molecule has 1 nitrogen and oxygen atoms in total. The Kier molecular flexibility index (Phi) is 2.15. The molecule has 0 aromatic heterocycles. The third kappa shape index (κ3) is 1.41. The Morgan fingerprint density at radius 3 is 2.80 bits per heavy atom. The number of hydrogen-bond acceptors (Lipinski definition) is 1. The van der Waals surface area contributed by atoms with Crippen molar-refractivity contribution >= 4 is 0 Å². The van der Waals surface area contributed by atoms with Gasteiger partial charge in [-0.1, -0.05) is 12.5 Å². The fraction of sp³-hybridized carbons (Fsp3) is 0.556. The minimum atomic E-state index is 0.693. The van der Waals surface area contributed by atoms with Gasteiger partial charge in [0.1, 0.15) is 5.76 Å². The highest BCUT2D eigenvalue weighted by Crippen LogP contribution is 2.22. The number of rotatable bonds is 1. The molecule has 0 aliphatic heterocycles. The van der Waals surface area contributed by atoms with Crippen molar-refractivity contribution in [3.8, 4) is 0 Å². The first-order valence-electron chi connectivity index (χ1n) is 3.66. The van der Waals surface area contributed by atoms with Gasteiger partial charge in [0, 0.05) is 0 Å². The molecule has 0 N–H and O–H groups in total. The van der Waals surface area contributed by atoms with Crippen LogP contribution in [0.25, 0.3) is 0 Å². The maximum atomic E-state index is 5.09. The van der Waals surface area contributed by atoms with Gasteiger partial charge in [0.15, 0.2) is 0 Å². The predicted octanol–water partition coefficient (Wildman–Crippen LogP) is 2.50. The summed E-state index contributed by atoms with van der Waals surface area (Å²) in [5, 5.41) is 0. The van der Waals surface area contributed by atoms with E-state index in [4.69, 9.17) is 4.74 Å². The molecular formula is C9H14O. The summed E-state index contributed by atoms with van der Waals surface area (Å²) in [4.78, 5) is 0. The topological polar surface area (TPSA) is 9.23 Å². The molecule has 0 aromatic rings. The molecular weight excluding hydrogens is 124 g/mol. The second-order valence-electron chi connectivity index (χ2n) is 2.84.